The second-order valence-electron chi connectivity index (χ2n) is 4.64. The van der Waals surface area contributed by atoms with E-state index in [2.05, 4.69) is 4.98 Å². The maximum atomic E-state index is 11.0. The largest absolute Gasteiger partial charge is 0.478 e. The van der Waals surface area contributed by atoms with Crippen molar-refractivity contribution in [2.45, 2.75) is 25.7 Å². The summed E-state index contributed by atoms with van der Waals surface area (Å²) in [6.45, 7) is 0. The highest BCUT2D eigenvalue weighted by Crippen LogP contribution is 2.29. The molecule has 1 aliphatic rings. The number of halogens is 1. The molecule has 3 rings (SSSR count). The number of carbonyl (C=O) groups is 1. The molecule has 0 atom stereocenters. The average molecular weight is 262 g/mol. The fourth-order valence-electron chi connectivity index (χ4n) is 2.49. The van der Waals surface area contributed by atoms with Crippen molar-refractivity contribution < 1.29 is 9.90 Å². The quantitative estimate of drug-likeness (QED) is 0.855. The number of fused-ring (bicyclic) bond motifs is 2. The van der Waals surface area contributed by atoms with Crippen molar-refractivity contribution in [2.24, 2.45) is 0 Å². The number of carboxylic acid groups (broad SMARTS) is 1. The number of hydrogen-bond acceptors (Lipinski definition) is 2. The molecule has 0 saturated carbocycles. The monoisotopic (exact) mass is 261 g/mol. The summed E-state index contributed by atoms with van der Waals surface area (Å²) in [7, 11) is 0. The second-order valence-corrected chi connectivity index (χ2v) is 5.04. The van der Waals surface area contributed by atoms with Crippen LogP contribution in [-0.4, -0.2) is 16.1 Å². The van der Waals surface area contributed by atoms with Crippen LogP contribution in [0.25, 0.3) is 10.9 Å². The molecule has 1 aliphatic carbocycles. The van der Waals surface area contributed by atoms with Gasteiger partial charge < -0.3 is 5.11 Å². The van der Waals surface area contributed by atoms with E-state index >= 15 is 0 Å². The van der Waals surface area contributed by atoms with Crippen LogP contribution < -0.4 is 0 Å². The third-order valence-corrected chi connectivity index (χ3v) is 3.68. The van der Waals surface area contributed by atoms with Crippen molar-refractivity contribution in [1.29, 1.82) is 0 Å². The predicted octanol–water partition coefficient (Wildman–Crippen LogP) is 3.47. The van der Waals surface area contributed by atoms with Crippen LogP contribution in [0.5, 0.6) is 0 Å². The van der Waals surface area contributed by atoms with Crippen molar-refractivity contribution >= 4 is 28.5 Å². The first-order chi connectivity index (χ1) is 8.65. The summed E-state index contributed by atoms with van der Waals surface area (Å²) in [6.07, 6.45) is 4.35. The highest BCUT2D eigenvalue weighted by Gasteiger charge is 2.15. The number of aromatic carboxylic acids is 1. The maximum absolute atomic E-state index is 11.0. The van der Waals surface area contributed by atoms with E-state index in [4.69, 9.17) is 16.7 Å². The van der Waals surface area contributed by atoms with Crippen molar-refractivity contribution in [3.8, 4) is 0 Å². The summed E-state index contributed by atoms with van der Waals surface area (Å²) in [5.41, 5.74) is 3.26. The number of rotatable bonds is 1. The minimum atomic E-state index is -0.962. The van der Waals surface area contributed by atoms with Gasteiger partial charge >= 0.3 is 5.97 Å². The first-order valence-electron chi connectivity index (χ1n) is 6.00. The van der Waals surface area contributed by atoms with Crippen LogP contribution in [0, 0.1) is 0 Å². The Morgan fingerprint density at radius 3 is 2.78 bits per heavy atom. The molecule has 0 spiro atoms. The van der Waals surface area contributed by atoms with Gasteiger partial charge in [0.25, 0.3) is 0 Å². The molecule has 18 heavy (non-hydrogen) atoms. The van der Waals surface area contributed by atoms with Crippen LogP contribution in [-0.2, 0) is 12.8 Å². The predicted molar refractivity (Wildman–Crippen MR) is 70.4 cm³/mol. The SMILES string of the molecule is O=C(O)c1cc(Cl)c2nc3c(cc2c1)CCCC3. The van der Waals surface area contributed by atoms with E-state index < -0.39 is 5.97 Å². The van der Waals surface area contributed by atoms with Crippen LogP contribution in [0.2, 0.25) is 5.02 Å². The van der Waals surface area contributed by atoms with E-state index in [0.29, 0.717) is 10.5 Å². The molecule has 0 bridgehead atoms. The second kappa shape index (κ2) is 4.25. The number of nitrogens with zero attached hydrogens (tertiary/aromatic N) is 1. The lowest BCUT2D eigenvalue weighted by Gasteiger charge is -2.16. The van der Waals surface area contributed by atoms with Gasteiger partial charge in [-0.15, -0.1) is 0 Å². The van der Waals surface area contributed by atoms with E-state index in [-0.39, 0.29) is 5.56 Å². The lowest BCUT2D eigenvalue weighted by molar-refractivity contribution is 0.0697. The van der Waals surface area contributed by atoms with Gasteiger partial charge in [0.05, 0.1) is 16.1 Å². The fraction of sp³-hybridized carbons (Fsp3) is 0.286. The summed E-state index contributed by atoms with van der Waals surface area (Å²) in [4.78, 5) is 15.6. The van der Waals surface area contributed by atoms with Gasteiger partial charge in [0.15, 0.2) is 0 Å². The topological polar surface area (TPSA) is 50.2 Å². The molecule has 4 heteroatoms. The van der Waals surface area contributed by atoms with Gasteiger partial charge in [0.1, 0.15) is 0 Å². The van der Waals surface area contributed by atoms with Crippen molar-refractivity contribution in [3.63, 3.8) is 0 Å². The molecule has 1 aromatic carbocycles. The van der Waals surface area contributed by atoms with Crippen LogP contribution in [0.3, 0.4) is 0 Å². The molecule has 0 amide bonds. The molecule has 0 fully saturated rings. The Balaban J connectivity index is 2.27. The van der Waals surface area contributed by atoms with Crippen molar-refractivity contribution in [1.82, 2.24) is 4.98 Å². The molecule has 92 valence electrons. The van der Waals surface area contributed by atoms with Crippen molar-refractivity contribution in [3.05, 3.63) is 40.0 Å². The van der Waals surface area contributed by atoms with Gasteiger partial charge in [0.2, 0.25) is 0 Å². The molecular formula is C14H12ClNO2. The summed E-state index contributed by atoms with van der Waals surface area (Å²) in [6, 6.07) is 5.15. The first kappa shape index (κ1) is 11.5. The van der Waals surface area contributed by atoms with E-state index in [1.807, 2.05) is 6.07 Å². The first-order valence-corrected chi connectivity index (χ1v) is 6.38. The van der Waals surface area contributed by atoms with Gasteiger partial charge in [0, 0.05) is 11.1 Å². The van der Waals surface area contributed by atoms with Crippen molar-refractivity contribution in [2.75, 3.05) is 0 Å². The maximum Gasteiger partial charge on any atom is 0.335 e. The molecule has 0 aliphatic heterocycles. The van der Waals surface area contributed by atoms with E-state index in [1.165, 1.54) is 18.1 Å². The summed E-state index contributed by atoms with van der Waals surface area (Å²) < 4.78 is 0. The standard InChI is InChI=1S/C14H12ClNO2/c15-11-7-10(14(17)18)6-9-5-8-3-1-2-4-12(8)16-13(9)11/h5-7H,1-4H2,(H,17,18). The normalized spacial score (nSPS) is 14.5. The lowest BCUT2D eigenvalue weighted by Crippen LogP contribution is -2.06. The summed E-state index contributed by atoms with van der Waals surface area (Å²) in [5.74, 6) is -0.962. The molecule has 0 unspecified atom stereocenters. The zero-order valence-electron chi connectivity index (χ0n) is 9.74. The Bertz CT molecular complexity index is 652. The van der Waals surface area contributed by atoms with Gasteiger partial charge in [-0.3, -0.25) is 4.98 Å². The van der Waals surface area contributed by atoms with Crippen LogP contribution in [0.15, 0.2) is 18.2 Å². The molecular weight excluding hydrogens is 250 g/mol. The molecule has 1 aromatic heterocycles. The Labute approximate surface area is 109 Å². The molecule has 1 N–H and O–H groups in total. The number of aromatic nitrogens is 1. The van der Waals surface area contributed by atoms with Crippen LogP contribution in [0.4, 0.5) is 0 Å². The fourth-order valence-corrected chi connectivity index (χ4v) is 2.76. The third kappa shape index (κ3) is 1.85. The Morgan fingerprint density at radius 1 is 1.22 bits per heavy atom. The number of pyridine rings is 1. The number of hydrogen-bond donors (Lipinski definition) is 1. The van der Waals surface area contributed by atoms with Gasteiger partial charge in [-0.25, -0.2) is 4.79 Å². The molecule has 0 saturated heterocycles. The zero-order chi connectivity index (χ0) is 12.7. The summed E-state index contributed by atoms with van der Waals surface area (Å²) in [5, 5.41) is 10.3. The molecule has 1 heterocycles. The lowest BCUT2D eigenvalue weighted by atomic mass is 9.94. The molecule has 2 aromatic rings. The zero-order valence-corrected chi connectivity index (χ0v) is 10.5. The third-order valence-electron chi connectivity index (χ3n) is 3.40. The number of carboxylic acids is 1. The minimum absolute atomic E-state index is 0.213. The number of benzene rings is 1. The highest BCUT2D eigenvalue weighted by molar-refractivity contribution is 6.35. The molecule has 0 radical (unpaired) electrons. The smallest absolute Gasteiger partial charge is 0.335 e. The average Bonchev–Trinajstić information content (AvgIpc) is 2.36. The van der Waals surface area contributed by atoms with E-state index in [1.54, 1.807) is 6.07 Å². The van der Waals surface area contributed by atoms with Crippen LogP contribution >= 0.6 is 11.6 Å². The van der Waals surface area contributed by atoms with Crippen LogP contribution in [0.1, 0.15) is 34.5 Å². The number of aryl methyl sites for hydroxylation is 2. The Hall–Kier alpha value is -1.61. The summed E-state index contributed by atoms with van der Waals surface area (Å²) >= 11 is 6.12. The highest BCUT2D eigenvalue weighted by atomic mass is 35.5. The van der Waals surface area contributed by atoms with Gasteiger partial charge in [-0.2, -0.15) is 0 Å². The molecule has 3 nitrogen and oxygen atoms in total. The minimum Gasteiger partial charge on any atom is -0.478 e. The van der Waals surface area contributed by atoms with E-state index in [9.17, 15) is 4.79 Å². The Morgan fingerprint density at radius 2 is 2.00 bits per heavy atom. The van der Waals surface area contributed by atoms with E-state index in [0.717, 1.165) is 30.3 Å². The van der Waals surface area contributed by atoms with Gasteiger partial charge in [-0.05, 0) is 49.4 Å². The Kier molecular flexibility index (Phi) is 2.71. The van der Waals surface area contributed by atoms with Gasteiger partial charge in [-0.1, -0.05) is 11.6 Å².